The van der Waals surface area contributed by atoms with Crippen LogP contribution in [0.1, 0.15) is 22.5 Å². The average Bonchev–Trinajstić information content (AvgIpc) is 3.47. The van der Waals surface area contributed by atoms with Gasteiger partial charge in [-0.3, -0.25) is 14.9 Å². The largest absolute Gasteiger partial charge is 0.493 e. The highest BCUT2D eigenvalue weighted by Gasteiger charge is 2.29. The van der Waals surface area contributed by atoms with Crippen LogP contribution in [0.2, 0.25) is 0 Å². The standard InChI is InChI=1S/C20H21N5O5S2/c1-29-17-9-15(16(25(27)28)10-18(17)30-11-14-12-31-13-22-14)19(26)23-4-2-5-24(7-6-23)20-21-3-8-32-20/h3,8-10,12-13H,2,4-7,11H2,1H3. The molecule has 3 aromatic rings. The zero-order valence-corrected chi connectivity index (χ0v) is 18.9. The molecule has 0 spiro atoms. The zero-order valence-electron chi connectivity index (χ0n) is 17.3. The van der Waals surface area contributed by atoms with Gasteiger partial charge in [0, 0.05) is 49.2 Å². The number of nitro groups is 1. The molecule has 0 saturated carbocycles. The molecule has 2 aromatic heterocycles. The van der Waals surface area contributed by atoms with Crippen molar-refractivity contribution in [1.82, 2.24) is 14.9 Å². The third-order valence-corrected chi connectivity index (χ3v) is 6.51. The van der Waals surface area contributed by atoms with Gasteiger partial charge in [0.2, 0.25) is 0 Å². The number of amides is 1. The van der Waals surface area contributed by atoms with Crippen molar-refractivity contribution in [2.45, 2.75) is 13.0 Å². The molecule has 10 nitrogen and oxygen atoms in total. The molecule has 1 fully saturated rings. The maximum atomic E-state index is 13.3. The van der Waals surface area contributed by atoms with E-state index in [0.29, 0.717) is 25.3 Å². The highest BCUT2D eigenvalue weighted by molar-refractivity contribution is 7.13. The third kappa shape index (κ3) is 4.81. The second kappa shape index (κ2) is 9.92. The van der Waals surface area contributed by atoms with Gasteiger partial charge in [-0.2, -0.15) is 0 Å². The lowest BCUT2D eigenvalue weighted by Gasteiger charge is -2.22. The zero-order chi connectivity index (χ0) is 22.5. The fourth-order valence-corrected chi connectivity index (χ4v) is 4.70. The first-order valence-corrected chi connectivity index (χ1v) is 11.7. The van der Waals surface area contributed by atoms with Crippen molar-refractivity contribution in [2.24, 2.45) is 0 Å². The summed E-state index contributed by atoms with van der Waals surface area (Å²) in [5.74, 6) is 0.0463. The van der Waals surface area contributed by atoms with Crippen molar-refractivity contribution in [3.63, 3.8) is 0 Å². The van der Waals surface area contributed by atoms with E-state index in [1.54, 1.807) is 27.9 Å². The van der Waals surface area contributed by atoms with E-state index in [0.717, 1.165) is 18.1 Å². The van der Waals surface area contributed by atoms with Gasteiger partial charge in [-0.25, -0.2) is 9.97 Å². The van der Waals surface area contributed by atoms with Crippen LogP contribution >= 0.6 is 22.7 Å². The van der Waals surface area contributed by atoms with Crippen molar-refractivity contribution in [2.75, 3.05) is 38.2 Å². The molecule has 0 N–H and O–H groups in total. The minimum atomic E-state index is -0.567. The van der Waals surface area contributed by atoms with Crippen LogP contribution in [-0.4, -0.2) is 59.0 Å². The number of hydrogen-bond donors (Lipinski definition) is 0. The molecule has 1 aliphatic heterocycles. The number of carbonyl (C=O) groups excluding carboxylic acids is 1. The van der Waals surface area contributed by atoms with Crippen molar-refractivity contribution in [1.29, 1.82) is 0 Å². The van der Waals surface area contributed by atoms with E-state index in [2.05, 4.69) is 14.9 Å². The minimum absolute atomic E-state index is 0.0180. The van der Waals surface area contributed by atoms with Crippen LogP contribution in [0.15, 0.2) is 34.6 Å². The summed E-state index contributed by atoms with van der Waals surface area (Å²) in [6.07, 6.45) is 2.49. The number of thiazole rings is 2. The fourth-order valence-electron chi connectivity index (χ4n) is 3.46. The minimum Gasteiger partial charge on any atom is -0.493 e. The summed E-state index contributed by atoms with van der Waals surface area (Å²) < 4.78 is 11.1. The number of anilines is 1. The molecule has 168 valence electrons. The van der Waals surface area contributed by atoms with E-state index in [1.807, 2.05) is 10.8 Å². The maximum absolute atomic E-state index is 13.3. The predicted octanol–water partition coefficient (Wildman–Crippen LogP) is 3.45. The monoisotopic (exact) mass is 475 g/mol. The quantitative estimate of drug-likeness (QED) is 0.377. The van der Waals surface area contributed by atoms with Crippen LogP contribution in [0.4, 0.5) is 10.8 Å². The van der Waals surface area contributed by atoms with E-state index < -0.39 is 10.8 Å². The molecule has 1 amide bonds. The smallest absolute Gasteiger partial charge is 0.286 e. The van der Waals surface area contributed by atoms with Gasteiger partial charge in [0.25, 0.3) is 11.6 Å². The van der Waals surface area contributed by atoms with Crippen molar-refractivity contribution in [3.05, 3.63) is 56.0 Å². The second-order valence-corrected chi connectivity index (χ2v) is 8.58. The van der Waals surface area contributed by atoms with Crippen LogP contribution in [0.25, 0.3) is 0 Å². The Hall–Kier alpha value is -3.25. The highest BCUT2D eigenvalue weighted by atomic mass is 32.1. The first kappa shape index (κ1) is 22.0. The number of ether oxygens (including phenoxy) is 2. The summed E-state index contributed by atoms with van der Waals surface area (Å²) in [7, 11) is 1.43. The SMILES string of the molecule is COc1cc(C(=O)N2CCCN(c3nccs3)CC2)c([N+](=O)[O-])cc1OCc1cscn1. The van der Waals surface area contributed by atoms with Crippen molar-refractivity contribution < 1.29 is 19.2 Å². The Morgan fingerprint density at radius 1 is 1.22 bits per heavy atom. The van der Waals surface area contributed by atoms with E-state index in [1.165, 1.54) is 30.6 Å². The Balaban J connectivity index is 1.56. The van der Waals surface area contributed by atoms with Gasteiger partial charge in [0.05, 0.1) is 29.3 Å². The molecule has 0 bridgehead atoms. The summed E-state index contributed by atoms with van der Waals surface area (Å²) in [6.45, 7) is 2.47. The Kier molecular flexibility index (Phi) is 6.81. The molecule has 0 aliphatic carbocycles. The van der Waals surface area contributed by atoms with Gasteiger partial charge in [0.15, 0.2) is 16.6 Å². The second-order valence-electron chi connectivity index (χ2n) is 6.99. The molecular formula is C20H21N5O5S2. The summed E-state index contributed by atoms with van der Waals surface area (Å²) in [6, 6.07) is 2.64. The molecule has 0 atom stereocenters. The lowest BCUT2D eigenvalue weighted by Crippen LogP contribution is -2.35. The summed E-state index contributed by atoms with van der Waals surface area (Å²) >= 11 is 2.98. The Bertz CT molecular complexity index is 1070. The molecule has 1 aromatic carbocycles. The van der Waals surface area contributed by atoms with Crippen LogP contribution in [-0.2, 0) is 6.61 Å². The van der Waals surface area contributed by atoms with Crippen LogP contribution < -0.4 is 14.4 Å². The van der Waals surface area contributed by atoms with E-state index >= 15 is 0 Å². The predicted molar refractivity (Wildman–Crippen MR) is 121 cm³/mol. The van der Waals surface area contributed by atoms with Crippen molar-refractivity contribution >= 4 is 39.4 Å². The average molecular weight is 476 g/mol. The van der Waals surface area contributed by atoms with Crippen LogP contribution in [0.5, 0.6) is 11.5 Å². The van der Waals surface area contributed by atoms with E-state index in [9.17, 15) is 14.9 Å². The normalized spacial score (nSPS) is 14.2. The topological polar surface area (TPSA) is 111 Å². The van der Waals surface area contributed by atoms with E-state index in [-0.39, 0.29) is 29.4 Å². The van der Waals surface area contributed by atoms with Gasteiger partial charge in [-0.05, 0) is 6.42 Å². The first-order valence-electron chi connectivity index (χ1n) is 9.87. The van der Waals surface area contributed by atoms with Gasteiger partial charge >= 0.3 is 0 Å². The summed E-state index contributed by atoms with van der Waals surface area (Å²) in [5, 5.41) is 16.4. The van der Waals surface area contributed by atoms with Crippen molar-refractivity contribution in [3.8, 4) is 11.5 Å². The molecule has 12 heteroatoms. The molecular weight excluding hydrogens is 454 g/mol. The Morgan fingerprint density at radius 3 is 2.78 bits per heavy atom. The van der Waals surface area contributed by atoms with Crippen LogP contribution in [0.3, 0.4) is 0 Å². The fraction of sp³-hybridized carbons (Fsp3) is 0.350. The Morgan fingerprint density at radius 2 is 2.09 bits per heavy atom. The van der Waals surface area contributed by atoms with Gasteiger partial charge in [-0.1, -0.05) is 0 Å². The highest BCUT2D eigenvalue weighted by Crippen LogP contribution is 2.36. The number of benzene rings is 1. The first-order chi connectivity index (χ1) is 15.6. The van der Waals surface area contributed by atoms with Gasteiger partial charge in [0.1, 0.15) is 12.2 Å². The number of rotatable bonds is 7. The number of nitrogens with zero attached hydrogens (tertiary/aromatic N) is 5. The molecule has 0 unspecified atom stereocenters. The maximum Gasteiger partial charge on any atom is 0.286 e. The Labute approximate surface area is 192 Å². The molecule has 1 saturated heterocycles. The van der Waals surface area contributed by atoms with Gasteiger partial charge < -0.3 is 19.3 Å². The van der Waals surface area contributed by atoms with Crippen LogP contribution in [0, 0.1) is 10.1 Å². The molecule has 4 rings (SSSR count). The summed E-state index contributed by atoms with van der Waals surface area (Å²) in [4.78, 5) is 36.7. The molecule has 3 heterocycles. The summed E-state index contributed by atoms with van der Waals surface area (Å²) in [5.41, 5.74) is 2.05. The number of hydrogen-bond acceptors (Lipinski definition) is 10. The number of carbonyl (C=O) groups is 1. The number of nitro benzene ring substituents is 1. The third-order valence-electron chi connectivity index (χ3n) is 5.04. The molecule has 32 heavy (non-hydrogen) atoms. The van der Waals surface area contributed by atoms with Gasteiger partial charge in [-0.15, -0.1) is 22.7 Å². The molecule has 1 aliphatic rings. The molecule has 0 radical (unpaired) electrons. The number of methoxy groups -OCH3 is 1. The lowest BCUT2D eigenvalue weighted by molar-refractivity contribution is -0.385. The number of aromatic nitrogens is 2. The lowest BCUT2D eigenvalue weighted by atomic mass is 10.1. The van der Waals surface area contributed by atoms with E-state index in [4.69, 9.17) is 9.47 Å².